The summed E-state index contributed by atoms with van der Waals surface area (Å²) in [5.41, 5.74) is 1.25. The highest BCUT2D eigenvalue weighted by Crippen LogP contribution is 2.41. The summed E-state index contributed by atoms with van der Waals surface area (Å²) in [7, 11) is 0. The summed E-state index contributed by atoms with van der Waals surface area (Å²) in [4.78, 5) is 11.6. The van der Waals surface area contributed by atoms with Crippen molar-refractivity contribution in [2.75, 3.05) is 0 Å². The Morgan fingerprint density at radius 2 is 1.59 bits per heavy atom. The first-order valence-electron chi connectivity index (χ1n) is 10.7. The van der Waals surface area contributed by atoms with Gasteiger partial charge in [0.05, 0.1) is 0 Å². The number of carbonyl (C=O) groups excluding carboxylic acids is 1. The molecule has 0 bridgehead atoms. The molecule has 148 valence electrons. The van der Waals surface area contributed by atoms with Crippen LogP contribution >= 0.6 is 0 Å². The number of halogens is 1. The van der Waals surface area contributed by atoms with Crippen LogP contribution in [0, 0.1) is 23.6 Å². The minimum Gasteiger partial charge on any atom is -0.459 e. The Balaban J connectivity index is 1.35. The number of esters is 1. The van der Waals surface area contributed by atoms with Gasteiger partial charge in [0.15, 0.2) is 0 Å². The maximum absolute atomic E-state index is 13.0. The fourth-order valence-electron chi connectivity index (χ4n) is 4.99. The lowest BCUT2D eigenvalue weighted by Crippen LogP contribution is -2.29. The topological polar surface area (TPSA) is 26.3 Å². The van der Waals surface area contributed by atoms with E-state index in [1.807, 2.05) is 19.1 Å². The predicted octanol–water partition coefficient (Wildman–Crippen LogP) is 6.24. The van der Waals surface area contributed by atoms with Crippen molar-refractivity contribution >= 4 is 5.97 Å². The number of rotatable bonds is 6. The quantitative estimate of drug-likeness (QED) is 0.436. The Hall–Kier alpha value is -1.64. The molecule has 0 radical (unpaired) electrons. The average molecular weight is 373 g/mol. The highest BCUT2D eigenvalue weighted by molar-refractivity contribution is 5.81. The molecule has 0 aromatic heterocycles. The molecular formula is C24H33FO2. The standard InChI is InChI=1S/C24H33FO2/c1-2-3-24(26)27-23-16-12-21(13-17-23)20-10-6-18(7-11-20)4-5-19-8-14-22(25)15-9-19/h2-3,8-9,14-15,18,20-21,23H,4-7,10-13,16-17H2,1H3. The molecule has 27 heavy (non-hydrogen) atoms. The molecule has 0 unspecified atom stereocenters. The van der Waals surface area contributed by atoms with Gasteiger partial charge >= 0.3 is 5.97 Å². The van der Waals surface area contributed by atoms with Crippen molar-refractivity contribution in [2.24, 2.45) is 17.8 Å². The van der Waals surface area contributed by atoms with Gasteiger partial charge in [-0.25, -0.2) is 9.18 Å². The van der Waals surface area contributed by atoms with Crippen molar-refractivity contribution in [3.05, 3.63) is 47.8 Å². The molecule has 1 aromatic carbocycles. The van der Waals surface area contributed by atoms with Crippen LogP contribution in [0.15, 0.2) is 36.4 Å². The molecule has 3 heteroatoms. The van der Waals surface area contributed by atoms with Crippen molar-refractivity contribution in [2.45, 2.75) is 77.2 Å². The highest BCUT2D eigenvalue weighted by Gasteiger charge is 2.31. The normalized spacial score (nSPS) is 29.0. The summed E-state index contributed by atoms with van der Waals surface area (Å²) in [6.07, 6.45) is 15.5. The van der Waals surface area contributed by atoms with E-state index < -0.39 is 0 Å². The van der Waals surface area contributed by atoms with Crippen LogP contribution in [0.25, 0.3) is 0 Å². The molecule has 3 rings (SSSR count). The Morgan fingerprint density at radius 3 is 2.19 bits per heavy atom. The van der Waals surface area contributed by atoms with Crippen LogP contribution in [-0.2, 0) is 16.0 Å². The summed E-state index contributed by atoms with van der Waals surface area (Å²) in [6, 6.07) is 6.97. The molecule has 1 aromatic rings. The molecule has 0 saturated heterocycles. The van der Waals surface area contributed by atoms with Gasteiger partial charge in [0.1, 0.15) is 11.9 Å². The summed E-state index contributed by atoms with van der Waals surface area (Å²) in [5, 5.41) is 0. The van der Waals surface area contributed by atoms with Gasteiger partial charge in [0, 0.05) is 6.08 Å². The van der Waals surface area contributed by atoms with E-state index in [9.17, 15) is 9.18 Å². The van der Waals surface area contributed by atoms with Crippen LogP contribution in [0.3, 0.4) is 0 Å². The lowest BCUT2D eigenvalue weighted by atomic mass is 9.70. The van der Waals surface area contributed by atoms with E-state index in [1.165, 1.54) is 56.6 Å². The van der Waals surface area contributed by atoms with Crippen LogP contribution in [0.1, 0.15) is 70.3 Å². The Labute approximate surface area is 163 Å². The van der Waals surface area contributed by atoms with Gasteiger partial charge in [0.2, 0.25) is 0 Å². The van der Waals surface area contributed by atoms with E-state index in [0.717, 1.165) is 37.0 Å². The summed E-state index contributed by atoms with van der Waals surface area (Å²) in [6.45, 7) is 1.84. The molecule has 2 aliphatic rings. The fourth-order valence-corrected chi connectivity index (χ4v) is 4.99. The molecule has 2 fully saturated rings. The number of hydrogen-bond donors (Lipinski definition) is 0. The molecule has 0 atom stereocenters. The monoisotopic (exact) mass is 372 g/mol. The van der Waals surface area contributed by atoms with E-state index >= 15 is 0 Å². The largest absolute Gasteiger partial charge is 0.459 e. The van der Waals surface area contributed by atoms with E-state index in [1.54, 1.807) is 18.2 Å². The third-order valence-corrected chi connectivity index (χ3v) is 6.62. The summed E-state index contributed by atoms with van der Waals surface area (Å²) in [5.74, 6) is 2.16. The molecule has 0 heterocycles. The van der Waals surface area contributed by atoms with Crippen LogP contribution in [-0.4, -0.2) is 12.1 Å². The van der Waals surface area contributed by atoms with Gasteiger partial charge in [-0.05, 0) is 93.7 Å². The van der Waals surface area contributed by atoms with E-state index in [2.05, 4.69) is 0 Å². The lowest BCUT2D eigenvalue weighted by Gasteiger charge is -2.37. The predicted molar refractivity (Wildman–Crippen MR) is 107 cm³/mol. The van der Waals surface area contributed by atoms with E-state index in [-0.39, 0.29) is 17.9 Å². The summed E-state index contributed by atoms with van der Waals surface area (Å²) >= 11 is 0. The molecule has 0 N–H and O–H groups in total. The van der Waals surface area contributed by atoms with Gasteiger partial charge in [0.25, 0.3) is 0 Å². The molecule has 2 nitrogen and oxygen atoms in total. The molecule has 0 amide bonds. The van der Waals surface area contributed by atoms with Crippen molar-refractivity contribution in [1.82, 2.24) is 0 Å². The zero-order valence-electron chi connectivity index (χ0n) is 16.5. The molecule has 2 saturated carbocycles. The van der Waals surface area contributed by atoms with Crippen molar-refractivity contribution in [3.8, 4) is 0 Å². The number of carbonyl (C=O) groups is 1. The van der Waals surface area contributed by atoms with E-state index in [0.29, 0.717) is 0 Å². The number of allylic oxidation sites excluding steroid dienone is 1. The Kier molecular flexibility index (Phi) is 7.49. The van der Waals surface area contributed by atoms with E-state index in [4.69, 9.17) is 4.74 Å². The number of aryl methyl sites for hydroxylation is 1. The Morgan fingerprint density at radius 1 is 1.00 bits per heavy atom. The first-order valence-corrected chi connectivity index (χ1v) is 10.7. The number of ether oxygens (including phenoxy) is 1. The first-order chi connectivity index (χ1) is 13.1. The van der Waals surface area contributed by atoms with Gasteiger partial charge < -0.3 is 4.74 Å². The maximum atomic E-state index is 13.0. The van der Waals surface area contributed by atoms with Gasteiger partial charge in [-0.15, -0.1) is 0 Å². The third kappa shape index (κ3) is 6.19. The lowest BCUT2D eigenvalue weighted by molar-refractivity contribution is -0.145. The smallest absolute Gasteiger partial charge is 0.330 e. The van der Waals surface area contributed by atoms with Crippen LogP contribution in [0.2, 0.25) is 0 Å². The zero-order chi connectivity index (χ0) is 19.1. The first kappa shape index (κ1) is 20.1. The minimum absolute atomic E-state index is 0.122. The van der Waals surface area contributed by atoms with Gasteiger partial charge in [-0.1, -0.05) is 31.1 Å². The number of benzene rings is 1. The fraction of sp³-hybridized carbons (Fsp3) is 0.625. The average Bonchev–Trinajstić information content (AvgIpc) is 2.69. The zero-order valence-corrected chi connectivity index (χ0v) is 16.5. The van der Waals surface area contributed by atoms with Crippen LogP contribution in [0.5, 0.6) is 0 Å². The molecule has 0 spiro atoms. The van der Waals surface area contributed by atoms with Crippen molar-refractivity contribution in [3.63, 3.8) is 0 Å². The van der Waals surface area contributed by atoms with Crippen molar-refractivity contribution in [1.29, 1.82) is 0 Å². The van der Waals surface area contributed by atoms with Crippen LogP contribution < -0.4 is 0 Å². The van der Waals surface area contributed by atoms with Crippen molar-refractivity contribution < 1.29 is 13.9 Å². The molecule has 0 aliphatic heterocycles. The second kappa shape index (κ2) is 10.1. The van der Waals surface area contributed by atoms with Crippen LogP contribution in [0.4, 0.5) is 4.39 Å². The maximum Gasteiger partial charge on any atom is 0.330 e. The van der Waals surface area contributed by atoms with Gasteiger partial charge in [-0.2, -0.15) is 0 Å². The number of hydrogen-bond acceptors (Lipinski definition) is 2. The summed E-state index contributed by atoms with van der Waals surface area (Å²) < 4.78 is 18.5. The second-order valence-electron chi connectivity index (χ2n) is 8.42. The molecule has 2 aliphatic carbocycles. The Bertz CT molecular complexity index is 606. The highest BCUT2D eigenvalue weighted by atomic mass is 19.1. The second-order valence-corrected chi connectivity index (χ2v) is 8.42. The van der Waals surface area contributed by atoms with Gasteiger partial charge in [-0.3, -0.25) is 0 Å². The third-order valence-electron chi connectivity index (χ3n) is 6.62. The SMILES string of the molecule is CC=CC(=O)OC1CCC(C2CCC(CCc3ccc(F)cc3)CC2)CC1. The minimum atomic E-state index is -0.192. The molecular weight excluding hydrogens is 339 g/mol.